The van der Waals surface area contributed by atoms with E-state index in [1.807, 2.05) is 26.2 Å². The highest BCUT2D eigenvalue weighted by atomic mass is 32.2. The van der Waals surface area contributed by atoms with E-state index >= 15 is 0 Å². The van der Waals surface area contributed by atoms with Crippen molar-refractivity contribution in [1.29, 1.82) is 0 Å². The Morgan fingerprint density at radius 2 is 1.93 bits per heavy atom. The molecule has 140 valence electrons. The van der Waals surface area contributed by atoms with Crippen LogP contribution >= 0.6 is 23.1 Å². The summed E-state index contributed by atoms with van der Waals surface area (Å²) >= 11 is 3.30. The number of anilines is 1. The Kier molecular flexibility index (Phi) is 5.68. The van der Waals surface area contributed by atoms with Crippen LogP contribution < -0.4 is 10.2 Å². The number of rotatable bonds is 6. The number of nitrogens with zero attached hydrogens (tertiary/aromatic N) is 4. The molecule has 4 rings (SSSR count). The summed E-state index contributed by atoms with van der Waals surface area (Å²) in [6.07, 6.45) is 3.65. The predicted molar refractivity (Wildman–Crippen MR) is 110 cm³/mol. The fraction of sp³-hybridized carbons (Fsp3) is 0.316. The first-order valence-electron chi connectivity index (χ1n) is 8.72. The Balaban J connectivity index is 1.31. The van der Waals surface area contributed by atoms with Gasteiger partial charge in [0, 0.05) is 50.0 Å². The molecule has 1 fully saturated rings. The van der Waals surface area contributed by atoms with Gasteiger partial charge in [0.05, 0.1) is 6.10 Å². The normalized spacial score (nSPS) is 19.3. The molecular weight excluding hydrogens is 378 g/mol. The van der Waals surface area contributed by atoms with Crippen molar-refractivity contribution in [1.82, 2.24) is 20.5 Å². The molecule has 27 heavy (non-hydrogen) atoms. The number of pyridine rings is 1. The third-order valence-electron chi connectivity index (χ3n) is 4.30. The van der Waals surface area contributed by atoms with Crippen LogP contribution in [0.3, 0.4) is 0 Å². The lowest BCUT2D eigenvalue weighted by Gasteiger charge is -2.16. The molecule has 0 aliphatic carbocycles. The van der Waals surface area contributed by atoms with Crippen LogP contribution in [0.4, 0.5) is 5.69 Å². The molecule has 1 saturated heterocycles. The SMILES string of the molecule is CN(C)c1ccc([C@H]2NC[C@H](CSc3nnc(-c4ccncc4)s3)O2)cc1. The highest BCUT2D eigenvalue weighted by molar-refractivity contribution is 8.01. The lowest BCUT2D eigenvalue weighted by molar-refractivity contribution is 0.0535. The molecule has 0 spiro atoms. The van der Waals surface area contributed by atoms with Gasteiger partial charge in [0.1, 0.15) is 11.2 Å². The number of ether oxygens (including phenoxy) is 1. The van der Waals surface area contributed by atoms with Crippen LogP contribution in [0.1, 0.15) is 11.8 Å². The average Bonchev–Trinajstić information content (AvgIpc) is 3.37. The summed E-state index contributed by atoms with van der Waals surface area (Å²) < 4.78 is 7.13. The second kappa shape index (κ2) is 8.35. The van der Waals surface area contributed by atoms with Crippen LogP contribution in [-0.4, -0.2) is 47.7 Å². The molecule has 0 bridgehead atoms. The van der Waals surface area contributed by atoms with Gasteiger partial charge in [-0.15, -0.1) is 10.2 Å². The topological polar surface area (TPSA) is 63.2 Å². The third kappa shape index (κ3) is 4.47. The standard InChI is InChI=1S/C19H21N5OS2/c1-24(2)15-5-3-13(4-6-15)17-21-11-16(25-17)12-26-19-23-22-18(27-19)14-7-9-20-10-8-14/h3-10,16-17,21H,11-12H2,1-2H3/t16-,17+/m1/s1. The van der Waals surface area contributed by atoms with Gasteiger partial charge in [-0.2, -0.15) is 0 Å². The third-order valence-corrected chi connectivity index (χ3v) is 6.54. The molecule has 1 aromatic carbocycles. The maximum Gasteiger partial charge on any atom is 0.174 e. The van der Waals surface area contributed by atoms with Crippen LogP contribution in [0.5, 0.6) is 0 Å². The molecular formula is C19H21N5OS2. The van der Waals surface area contributed by atoms with Crippen LogP contribution in [-0.2, 0) is 4.74 Å². The number of benzene rings is 1. The van der Waals surface area contributed by atoms with E-state index < -0.39 is 0 Å². The van der Waals surface area contributed by atoms with Gasteiger partial charge in [-0.25, -0.2) is 0 Å². The zero-order chi connectivity index (χ0) is 18.6. The Morgan fingerprint density at radius 1 is 1.15 bits per heavy atom. The molecule has 0 amide bonds. The molecule has 2 aromatic heterocycles. The van der Waals surface area contributed by atoms with E-state index in [1.54, 1.807) is 35.5 Å². The van der Waals surface area contributed by atoms with E-state index in [2.05, 4.69) is 49.7 Å². The fourth-order valence-corrected chi connectivity index (χ4v) is 4.70. The van der Waals surface area contributed by atoms with Crippen molar-refractivity contribution in [2.24, 2.45) is 0 Å². The van der Waals surface area contributed by atoms with Gasteiger partial charge in [0.15, 0.2) is 4.34 Å². The lowest BCUT2D eigenvalue weighted by atomic mass is 10.2. The van der Waals surface area contributed by atoms with Crippen molar-refractivity contribution in [3.8, 4) is 10.6 Å². The Hall–Kier alpha value is -2.00. The summed E-state index contributed by atoms with van der Waals surface area (Å²) in [5.74, 6) is 0.851. The van der Waals surface area contributed by atoms with Crippen molar-refractivity contribution in [3.05, 3.63) is 54.4 Å². The zero-order valence-electron chi connectivity index (χ0n) is 15.2. The van der Waals surface area contributed by atoms with Crippen molar-refractivity contribution in [2.75, 3.05) is 31.3 Å². The minimum atomic E-state index is -0.0476. The summed E-state index contributed by atoms with van der Waals surface area (Å²) in [6, 6.07) is 12.4. The Bertz CT molecular complexity index is 869. The number of nitrogens with one attached hydrogen (secondary N) is 1. The maximum absolute atomic E-state index is 6.16. The van der Waals surface area contributed by atoms with E-state index in [0.717, 1.165) is 32.8 Å². The predicted octanol–water partition coefficient (Wildman–Crippen LogP) is 3.45. The van der Waals surface area contributed by atoms with Gasteiger partial charge < -0.3 is 9.64 Å². The second-order valence-corrected chi connectivity index (χ2v) is 8.70. The van der Waals surface area contributed by atoms with Gasteiger partial charge >= 0.3 is 0 Å². The van der Waals surface area contributed by atoms with Gasteiger partial charge in [0.2, 0.25) is 0 Å². The first-order valence-corrected chi connectivity index (χ1v) is 10.5. The first-order chi connectivity index (χ1) is 13.2. The largest absolute Gasteiger partial charge is 0.378 e. The Morgan fingerprint density at radius 3 is 2.67 bits per heavy atom. The zero-order valence-corrected chi connectivity index (χ0v) is 16.8. The van der Waals surface area contributed by atoms with Crippen molar-refractivity contribution in [3.63, 3.8) is 0 Å². The monoisotopic (exact) mass is 399 g/mol. The van der Waals surface area contributed by atoms with E-state index in [1.165, 1.54) is 5.69 Å². The van der Waals surface area contributed by atoms with Gasteiger partial charge in [-0.05, 0) is 29.8 Å². The highest BCUT2D eigenvalue weighted by Gasteiger charge is 2.26. The van der Waals surface area contributed by atoms with Gasteiger partial charge in [0.25, 0.3) is 0 Å². The van der Waals surface area contributed by atoms with Crippen molar-refractivity contribution in [2.45, 2.75) is 16.7 Å². The minimum Gasteiger partial charge on any atom is -0.378 e. The van der Waals surface area contributed by atoms with E-state index in [-0.39, 0.29) is 12.3 Å². The second-order valence-electron chi connectivity index (χ2n) is 6.45. The molecule has 3 aromatic rings. The Labute approximate surface area is 167 Å². The van der Waals surface area contributed by atoms with Crippen LogP contribution in [0.15, 0.2) is 53.1 Å². The van der Waals surface area contributed by atoms with Crippen molar-refractivity contribution >= 4 is 28.8 Å². The van der Waals surface area contributed by atoms with Crippen LogP contribution in [0.2, 0.25) is 0 Å². The van der Waals surface area contributed by atoms with E-state index in [4.69, 9.17) is 4.74 Å². The molecule has 1 aliphatic rings. The summed E-state index contributed by atoms with van der Waals surface area (Å²) in [6.45, 7) is 0.836. The molecule has 3 heterocycles. The first kappa shape index (κ1) is 18.4. The smallest absolute Gasteiger partial charge is 0.174 e. The average molecular weight is 400 g/mol. The van der Waals surface area contributed by atoms with Crippen molar-refractivity contribution < 1.29 is 4.74 Å². The van der Waals surface area contributed by atoms with E-state index in [9.17, 15) is 0 Å². The fourth-order valence-electron chi connectivity index (χ4n) is 2.81. The highest BCUT2D eigenvalue weighted by Crippen LogP contribution is 2.31. The summed E-state index contributed by atoms with van der Waals surface area (Å²) in [4.78, 5) is 6.13. The molecule has 0 saturated carbocycles. The van der Waals surface area contributed by atoms with Gasteiger partial charge in [-0.1, -0.05) is 35.2 Å². The molecule has 1 N–H and O–H groups in total. The minimum absolute atomic E-state index is 0.0476. The van der Waals surface area contributed by atoms with Crippen LogP contribution in [0.25, 0.3) is 10.6 Å². The molecule has 0 unspecified atom stereocenters. The molecule has 2 atom stereocenters. The quantitative estimate of drug-likeness (QED) is 0.637. The number of hydrogen-bond donors (Lipinski definition) is 1. The van der Waals surface area contributed by atoms with Crippen LogP contribution in [0, 0.1) is 0 Å². The summed E-state index contributed by atoms with van der Waals surface area (Å²) in [5.41, 5.74) is 3.39. The summed E-state index contributed by atoms with van der Waals surface area (Å²) in [7, 11) is 4.08. The molecule has 1 aliphatic heterocycles. The maximum atomic E-state index is 6.16. The number of thioether (sulfide) groups is 1. The molecule has 8 heteroatoms. The molecule has 6 nitrogen and oxygen atoms in total. The molecule has 0 radical (unpaired) electrons. The number of hydrogen-bond acceptors (Lipinski definition) is 8. The lowest BCUT2D eigenvalue weighted by Crippen LogP contribution is -2.16. The van der Waals surface area contributed by atoms with Gasteiger partial charge in [-0.3, -0.25) is 10.3 Å². The summed E-state index contributed by atoms with van der Waals surface area (Å²) in [5, 5.41) is 12.9. The number of aromatic nitrogens is 3. The van der Waals surface area contributed by atoms with E-state index in [0.29, 0.717) is 0 Å².